The highest BCUT2D eigenvalue weighted by Crippen LogP contribution is 2.29. The van der Waals surface area contributed by atoms with Crippen LogP contribution in [0.15, 0.2) is 41.5 Å². The highest BCUT2D eigenvalue weighted by molar-refractivity contribution is 14.0. The number of aryl methyl sites for hydroxylation is 1. The van der Waals surface area contributed by atoms with E-state index in [1.54, 1.807) is 17.9 Å². The lowest BCUT2D eigenvalue weighted by Gasteiger charge is -2.20. The SMILES string of the molecule is CN=C(NCCS(=O)(=O)N1CCc2ccccc21)NCc1ccnn1C.I. The van der Waals surface area contributed by atoms with Gasteiger partial charge in [0.15, 0.2) is 5.96 Å². The first-order chi connectivity index (χ1) is 12.5. The van der Waals surface area contributed by atoms with Crippen molar-refractivity contribution in [1.82, 2.24) is 20.4 Å². The second kappa shape index (κ2) is 9.40. The summed E-state index contributed by atoms with van der Waals surface area (Å²) in [5, 5.41) is 10.3. The summed E-state index contributed by atoms with van der Waals surface area (Å²) in [5.41, 5.74) is 2.89. The molecule has 0 fully saturated rings. The van der Waals surface area contributed by atoms with Crippen LogP contribution in [0.1, 0.15) is 11.3 Å². The van der Waals surface area contributed by atoms with Crippen molar-refractivity contribution in [3.8, 4) is 0 Å². The van der Waals surface area contributed by atoms with Crippen molar-refractivity contribution >= 4 is 45.6 Å². The zero-order valence-electron chi connectivity index (χ0n) is 15.4. The molecule has 0 bridgehead atoms. The minimum Gasteiger partial charge on any atom is -0.355 e. The van der Waals surface area contributed by atoms with E-state index in [9.17, 15) is 8.42 Å². The number of aliphatic imine (C=N–C) groups is 1. The Hall–Kier alpha value is -1.82. The summed E-state index contributed by atoms with van der Waals surface area (Å²) in [6, 6.07) is 9.56. The summed E-state index contributed by atoms with van der Waals surface area (Å²) in [6.45, 7) is 1.35. The van der Waals surface area contributed by atoms with Gasteiger partial charge in [-0.1, -0.05) is 18.2 Å². The van der Waals surface area contributed by atoms with Crippen LogP contribution in [0, 0.1) is 0 Å². The molecule has 8 nitrogen and oxygen atoms in total. The smallest absolute Gasteiger partial charge is 0.236 e. The normalized spacial score (nSPS) is 13.9. The maximum absolute atomic E-state index is 12.7. The van der Waals surface area contributed by atoms with Gasteiger partial charge in [-0.3, -0.25) is 14.0 Å². The molecule has 2 N–H and O–H groups in total. The minimum atomic E-state index is -3.37. The lowest BCUT2D eigenvalue weighted by atomic mass is 10.2. The fraction of sp³-hybridized carbons (Fsp3) is 0.412. The predicted octanol–water partition coefficient (Wildman–Crippen LogP) is 1.10. The predicted molar refractivity (Wildman–Crippen MR) is 118 cm³/mol. The number of sulfonamides is 1. The molecule has 27 heavy (non-hydrogen) atoms. The van der Waals surface area contributed by atoms with E-state index in [-0.39, 0.29) is 36.3 Å². The Balaban J connectivity index is 0.00000261. The summed E-state index contributed by atoms with van der Waals surface area (Å²) in [5.74, 6) is 0.566. The van der Waals surface area contributed by atoms with Crippen molar-refractivity contribution in [3.05, 3.63) is 47.8 Å². The number of rotatable bonds is 6. The van der Waals surface area contributed by atoms with Gasteiger partial charge in [-0.05, 0) is 24.1 Å². The average molecular weight is 504 g/mol. The molecule has 0 unspecified atom stereocenters. The first kappa shape index (κ1) is 21.5. The molecule has 1 aromatic heterocycles. The van der Waals surface area contributed by atoms with Gasteiger partial charge in [0.2, 0.25) is 10.0 Å². The largest absolute Gasteiger partial charge is 0.355 e. The molecular weight excluding hydrogens is 479 g/mol. The van der Waals surface area contributed by atoms with Crippen LogP contribution in [-0.2, 0) is 30.0 Å². The third-order valence-electron chi connectivity index (χ3n) is 4.42. The molecule has 2 heterocycles. The number of para-hydroxylation sites is 1. The molecule has 10 heteroatoms. The van der Waals surface area contributed by atoms with E-state index in [1.807, 2.05) is 37.4 Å². The Morgan fingerprint density at radius 2 is 2.04 bits per heavy atom. The maximum atomic E-state index is 12.7. The van der Waals surface area contributed by atoms with Crippen molar-refractivity contribution in [1.29, 1.82) is 0 Å². The van der Waals surface area contributed by atoms with E-state index in [4.69, 9.17) is 0 Å². The van der Waals surface area contributed by atoms with Crippen LogP contribution in [0.25, 0.3) is 0 Å². The third kappa shape index (κ3) is 5.12. The molecule has 1 aromatic carbocycles. The van der Waals surface area contributed by atoms with Crippen LogP contribution in [-0.4, -0.2) is 50.0 Å². The quantitative estimate of drug-likeness (QED) is 0.349. The van der Waals surface area contributed by atoms with Crippen LogP contribution in [0.2, 0.25) is 0 Å². The molecule has 148 valence electrons. The fourth-order valence-corrected chi connectivity index (χ4v) is 4.40. The number of anilines is 1. The third-order valence-corrected chi connectivity index (χ3v) is 6.19. The van der Waals surface area contributed by atoms with Gasteiger partial charge in [0.05, 0.1) is 23.7 Å². The first-order valence-electron chi connectivity index (χ1n) is 8.51. The van der Waals surface area contributed by atoms with Crippen molar-refractivity contribution in [2.75, 3.05) is 30.2 Å². The summed E-state index contributed by atoms with van der Waals surface area (Å²) >= 11 is 0. The molecule has 1 aliphatic heterocycles. The van der Waals surface area contributed by atoms with E-state index in [2.05, 4.69) is 20.7 Å². The van der Waals surface area contributed by atoms with Crippen LogP contribution >= 0.6 is 24.0 Å². The van der Waals surface area contributed by atoms with Crippen LogP contribution < -0.4 is 14.9 Å². The Morgan fingerprint density at radius 1 is 1.26 bits per heavy atom. The Kier molecular flexibility index (Phi) is 7.48. The lowest BCUT2D eigenvalue weighted by molar-refractivity contribution is 0.590. The zero-order valence-corrected chi connectivity index (χ0v) is 18.6. The summed E-state index contributed by atoms with van der Waals surface area (Å²) in [4.78, 5) is 4.13. The number of fused-ring (bicyclic) bond motifs is 1. The number of nitrogens with zero attached hydrogens (tertiary/aromatic N) is 4. The van der Waals surface area contributed by atoms with Gasteiger partial charge in [0.25, 0.3) is 0 Å². The van der Waals surface area contributed by atoms with Gasteiger partial charge in [0, 0.05) is 33.4 Å². The van der Waals surface area contributed by atoms with E-state index < -0.39 is 10.0 Å². The van der Waals surface area contributed by atoms with E-state index in [0.717, 1.165) is 23.4 Å². The maximum Gasteiger partial charge on any atom is 0.236 e. The topological polar surface area (TPSA) is 91.6 Å². The van der Waals surface area contributed by atoms with Crippen molar-refractivity contribution in [3.63, 3.8) is 0 Å². The number of hydrogen-bond acceptors (Lipinski definition) is 4. The summed E-state index contributed by atoms with van der Waals surface area (Å²) in [6.07, 6.45) is 2.49. The number of nitrogens with one attached hydrogen (secondary N) is 2. The van der Waals surface area contributed by atoms with Crippen molar-refractivity contribution in [2.24, 2.45) is 12.0 Å². The Morgan fingerprint density at radius 3 is 2.74 bits per heavy atom. The van der Waals surface area contributed by atoms with Gasteiger partial charge in [-0.25, -0.2) is 8.42 Å². The van der Waals surface area contributed by atoms with Crippen LogP contribution in [0.5, 0.6) is 0 Å². The molecular formula is C17H25IN6O2S. The summed E-state index contributed by atoms with van der Waals surface area (Å²) in [7, 11) is 0.157. The van der Waals surface area contributed by atoms with E-state index in [1.165, 1.54) is 4.31 Å². The highest BCUT2D eigenvalue weighted by atomic mass is 127. The number of halogens is 1. The van der Waals surface area contributed by atoms with Crippen LogP contribution in [0.3, 0.4) is 0 Å². The van der Waals surface area contributed by atoms with E-state index in [0.29, 0.717) is 19.0 Å². The number of aromatic nitrogens is 2. The lowest BCUT2D eigenvalue weighted by Crippen LogP contribution is -2.41. The molecule has 1 aliphatic rings. The van der Waals surface area contributed by atoms with Crippen LogP contribution in [0.4, 0.5) is 5.69 Å². The molecule has 2 aromatic rings. The second-order valence-electron chi connectivity index (χ2n) is 6.07. The zero-order chi connectivity index (χ0) is 18.6. The van der Waals surface area contributed by atoms with Crippen molar-refractivity contribution < 1.29 is 8.42 Å². The molecule has 0 atom stereocenters. The number of hydrogen-bond donors (Lipinski definition) is 2. The van der Waals surface area contributed by atoms with Gasteiger partial charge >= 0.3 is 0 Å². The Labute approximate surface area is 177 Å². The van der Waals surface area contributed by atoms with Gasteiger partial charge in [-0.2, -0.15) is 5.10 Å². The first-order valence-corrected chi connectivity index (χ1v) is 10.1. The highest BCUT2D eigenvalue weighted by Gasteiger charge is 2.28. The fourth-order valence-electron chi connectivity index (χ4n) is 2.98. The van der Waals surface area contributed by atoms with Crippen molar-refractivity contribution in [2.45, 2.75) is 13.0 Å². The molecule has 0 spiro atoms. The average Bonchev–Trinajstić information content (AvgIpc) is 3.24. The molecule has 0 saturated carbocycles. The molecule has 0 saturated heterocycles. The number of guanidine groups is 1. The van der Waals surface area contributed by atoms with Gasteiger partial charge in [-0.15, -0.1) is 24.0 Å². The molecule has 0 aliphatic carbocycles. The molecule has 3 rings (SSSR count). The second-order valence-corrected chi connectivity index (χ2v) is 8.08. The summed E-state index contributed by atoms with van der Waals surface area (Å²) < 4.78 is 28.6. The molecule has 0 amide bonds. The minimum absolute atomic E-state index is 0. The van der Waals surface area contributed by atoms with E-state index >= 15 is 0 Å². The Bertz CT molecular complexity index is 896. The number of benzene rings is 1. The standard InChI is InChI=1S/C17H24N6O2S.HI/c1-18-17(20-13-15-7-9-21-22(15)2)19-10-12-26(24,25)23-11-8-14-5-3-4-6-16(14)23;/h3-7,9H,8,10-13H2,1-2H3,(H2,18,19,20);1H. The monoisotopic (exact) mass is 504 g/mol. The van der Waals surface area contributed by atoms with Gasteiger partial charge < -0.3 is 10.6 Å². The molecule has 0 radical (unpaired) electrons. The van der Waals surface area contributed by atoms with Gasteiger partial charge in [0.1, 0.15) is 0 Å².